The summed E-state index contributed by atoms with van der Waals surface area (Å²) < 4.78 is 23.5. The van der Waals surface area contributed by atoms with Gasteiger partial charge in [0.1, 0.15) is 23.4 Å². The van der Waals surface area contributed by atoms with E-state index in [0.29, 0.717) is 0 Å². The van der Waals surface area contributed by atoms with E-state index in [1.54, 1.807) is 58.8 Å². The molecule has 0 fully saturated rings. The van der Waals surface area contributed by atoms with Crippen molar-refractivity contribution in [1.82, 2.24) is 4.90 Å². The predicted molar refractivity (Wildman–Crippen MR) is 201 cm³/mol. The van der Waals surface area contributed by atoms with Crippen molar-refractivity contribution in [1.29, 1.82) is 0 Å². The number of allylic oxidation sites excluding steroid dienone is 2. The molecule has 0 radical (unpaired) electrons. The van der Waals surface area contributed by atoms with E-state index in [1.807, 2.05) is 0 Å². The van der Waals surface area contributed by atoms with Crippen LogP contribution in [0.25, 0.3) is 10.8 Å². The Balaban J connectivity index is 1.96. The van der Waals surface area contributed by atoms with Crippen LogP contribution in [-0.2, 0) is 30.3 Å². The fourth-order valence-corrected chi connectivity index (χ4v) is 7.26. The summed E-state index contributed by atoms with van der Waals surface area (Å²) >= 11 is 0. The van der Waals surface area contributed by atoms with Gasteiger partial charge in [-0.3, -0.25) is 14.4 Å². The van der Waals surface area contributed by atoms with Gasteiger partial charge in [-0.25, -0.2) is 0 Å². The molecule has 0 aromatic heterocycles. The fourth-order valence-electron chi connectivity index (χ4n) is 7.26. The number of hydrogen-bond donors (Lipinski definition) is 6. The Hall–Kier alpha value is -4.63. The lowest BCUT2D eigenvalue weighted by atomic mass is 9.78. The van der Waals surface area contributed by atoms with Crippen molar-refractivity contribution in [2.75, 3.05) is 26.5 Å². The van der Waals surface area contributed by atoms with Crippen molar-refractivity contribution >= 4 is 34.1 Å². The minimum absolute atomic E-state index is 0.00552. The van der Waals surface area contributed by atoms with Gasteiger partial charge < -0.3 is 54.7 Å². The largest absolute Gasteiger partial charge is 0.507 e. The number of phenols is 3. The third-order valence-corrected chi connectivity index (χ3v) is 10.6. The Kier molecular flexibility index (Phi) is 12.8. The summed E-state index contributed by atoms with van der Waals surface area (Å²) in [5, 5.41) is 59.9. The molecule has 14 nitrogen and oxygen atoms in total. The zero-order chi connectivity index (χ0) is 40.6. The molecule has 3 aliphatic heterocycles. The Labute approximate surface area is 315 Å². The van der Waals surface area contributed by atoms with E-state index >= 15 is 0 Å². The highest BCUT2D eigenvalue weighted by molar-refractivity contribution is 6.22. The molecule has 9 atom stereocenters. The van der Waals surface area contributed by atoms with Crippen LogP contribution in [0, 0.1) is 30.6 Å². The zero-order valence-electron chi connectivity index (χ0n) is 32.8. The molecule has 3 aliphatic rings. The summed E-state index contributed by atoms with van der Waals surface area (Å²) in [6, 6.07) is 0. The first-order valence-electron chi connectivity index (χ1n) is 17.9. The van der Waals surface area contributed by atoms with E-state index in [4.69, 9.17) is 18.9 Å². The van der Waals surface area contributed by atoms with Crippen LogP contribution >= 0.6 is 0 Å². The van der Waals surface area contributed by atoms with Crippen LogP contribution in [0.5, 0.6) is 23.0 Å². The van der Waals surface area contributed by atoms with Gasteiger partial charge in [0, 0.05) is 73.3 Å². The summed E-state index contributed by atoms with van der Waals surface area (Å²) in [4.78, 5) is 41.7. The number of aromatic hydroxyl groups is 3. The second kappa shape index (κ2) is 16.4. The van der Waals surface area contributed by atoms with Crippen LogP contribution in [0.3, 0.4) is 0 Å². The Morgan fingerprint density at radius 3 is 2.19 bits per heavy atom. The first kappa shape index (κ1) is 42.1. The monoisotopic (exact) mass is 754 g/mol. The van der Waals surface area contributed by atoms with Crippen LogP contribution in [0.2, 0.25) is 0 Å². The molecule has 0 aliphatic carbocycles. The average molecular weight is 755 g/mol. The normalized spacial score (nSPS) is 31.8. The summed E-state index contributed by atoms with van der Waals surface area (Å²) in [6.07, 6.45) is 3.65. The van der Waals surface area contributed by atoms with Gasteiger partial charge in [0.05, 0.1) is 41.2 Å². The third-order valence-electron chi connectivity index (χ3n) is 10.6. The summed E-state index contributed by atoms with van der Waals surface area (Å²) in [6.45, 7) is 12.6. The lowest BCUT2D eigenvalue weighted by Gasteiger charge is -2.38. The Morgan fingerprint density at radius 2 is 1.59 bits per heavy atom. The second-order valence-electron chi connectivity index (χ2n) is 14.9. The average Bonchev–Trinajstić information content (AvgIpc) is 3.38. The number of benzene rings is 2. The maximum absolute atomic E-state index is 14.2. The predicted octanol–water partition coefficient (Wildman–Crippen LogP) is 4.82. The maximum atomic E-state index is 14.2. The van der Waals surface area contributed by atoms with E-state index in [-0.39, 0.29) is 51.0 Å². The molecule has 2 aromatic rings. The zero-order valence-corrected chi connectivity index (χ0v) is 32.8. The highest BCUT2D eigenvalue weighted by Crippen LogP contribution is 2.55. The van der Waals surface area contributed by atoms with Crippen molar-refractivity contribution in [3.05, 3.63) is 52.8 Å². The number of ketones is 1. The molecule has 5 bridgehead atoms. The van der Waals surface area contributed by atoms with Gasteiger partial charge in [0.25, 0.3) is 11.7 Å². The van der Waals surface area contributed by atoms with Crippen molar-refractivity contribution in [3.63, 3.8) is 0 Å². The van der Waals surface area contributed by atoms with Gasteiger partial charge in [0.15, 0.2) is 5.75 Å². The Morgan fingerprint density at radius 1 is 0.944 bits per heavy atom. The van der Waals surface area contributed by atoms with Crippen molar-refractivity contribution in [3.8, 4) is 23.0 Å². The standard InChI is InChI=1S/C40H54N2O12/c1-18-13-12-14-19(2)39(50)41-30-25(17-42(9)10)34(47)27-28(35(30)48)33(46)23(6)37-29(27)38(49)40(8,54-37)52-16-15-26(51-11)20(3)36(53-24(7)43)22(5)32(45)21(4)31(18)44/h12-16,18,20-22,26,31-32,36,44-48H,17H2,1-11H3,(H,41,50)/b13-12+,16-15+,19-14-/t18-,20-,21+,22-,26-,31-,32+,36+,40-/m0/s1. The minimum Gasteiger partial charge on any atom is -0.507 e. The highest BCUT2D eigenvalue weighted by atomic mass is 16.7. The number of aliphatic hydroxyl groups excluding tert-OH is 2. The van der Waals surface area contributed by atoms with Crippen LogP contribution < -0.4 is 10.1 Å². The molecule has 0 saturated heterocycles. The molecule has 14 heteroatoms. The molecule has 0 spiro atoms. The SMILES string of the molecule is CO[C@H]1/C=C/O[C@@]2(C)Oc3c(C)c(O)c4c(O)c(c(CN(C)C)c(O)c4c3C2=O)NC(=O)/C(C)=C\C=C\[C@H](C)[C@H](O)[C@@H](C)[C@@H](O)[C@H](C)[C@H](OC(C)=O)[C@H]1C. The molecule has 6 N–H and O–H groups in total. The van der Waals surface area contributed by atoms with Gasteiger partial charge in [-0.2, -0.15) is 0 Å². The number of anilines is 1. The number of carbonyl (C=O) groups excluding carboxylic acids is 3. The lowest BCUT2D eigenvalue weighted by molar-refractivity contribution is -0.160. The third kappa shape index (κ3) is 7.92. The fraction of sp³-hybridized carbons (Fsp3) is 0.525. The van der Waals surface area contributed by atoms with Crippen LogP contribution in [-0.4, -0.2) is 99.5 Å². The van der Waals surface area contributed by atoms with Gasteiger partial charge in [-0.15, -0.1) is 0 Å². The minimum atomic E-state index is -2.01. The molecule has 1 amide bonds. The molecule has 0 unspecified atom stereocenters. The summed E-state index contributed by atoms with van der Waals surface area (Å²) in [7, 11) is 4.86. The lowest BCUT2D eigenvalue weighted by Crippen LogP contribution is -2.46. The number of nitrogens with one attached hydrogen (secondary N) is 1. The van der Waals surface area contributed by atoms with E-state index in [1.165, 1.54) is 53.2 Å². The maximum Gasteiger partial charge on any atom is 0.312 e. The van der Waals surface area contributed by atoms with Crippen LogP contribution in [0.15, 0.2) is 36.1 Å². The second-order valence-corrected chi connectivity index (χ2v) is 14.9. The number of esters is 1. The van der Waals surface area contributed by atoms with E-state index < -0.39 is 88.8 Å². The van der Waals surface area contributed by atoms with E-state index in [9.17, 15) is 39.9 Å². The number of carbonyl (C=O) groups is 3. The number of nitrogens with zero attached hydrogens (tertiary/aromatic N) is 1. The smallest absolute Gasteiger partial charge is 0.312 e. The number of phenolic OH excluding ortho intramolecular Hbond substituents is 3. The van der Waals surface area contributed by atoms with Gasteiger partial charge >= 0.3 is 11.8 Å². The van der Waals surface area contributed by atoms with Gasteiger partial charge in [-0.05, 0) is 34.0 Å². The number of methoxy groups -OCH3 is 1. The summed E-state index contributed by atoms with van der Waals surface area (Å²) in [5.41, 5.74) is 0.0370. The van der Waals surface area contributed by atoms with E-state index in [0.717, 1.165) is 0 Å². The summed E-state index contributed by atoms with van der Waals surface area (Å²) in [5.74, 6) is -7.98. The molecule has 296 valence electrons. The van der Waals surface area contributed by atoms with Crippen molar-refractivity contribution in [2.45, 2.75) is 92.1 Å². The molecular formula is C40H54N2O12. The number of rotatable bonds is 4. The number of fused-ring (bicyclic) bond motifs is 14. The number of hydrogen-bond acceptors (Lipinski definition) is 13. The molecule has 54 heavy (non-hydrogen) atoms. The molecule has 0 saturated carbocycles. The quantitative estimate of drug-likeness (QED) is 0.141. The molecule has 3 heterocycles. The van der Waals surface area contributed by atoms with Crippen LogP contribution in [0.1, 0.15) is 70.0 Å². The highest BCUT2D eigenvalue weighted by Gasteiger charge is 2.50. The number of amides is 1. The van der Waals surface area contributed by atoms with E-state index in [2.05, 4.69) is 5.32 Å². The number of aliphatic hydroxyl groups is 2. The van der Waals surface area contributed by atoms with Crippen molar-refractivity contribution < 1.29 is 58.9 Å². The van der Waals surface area contributed by atoms with Crippen LogP contribution in [0.4, 0.5) is 5.69 Å². The Bertz CT molecular complexity index is 1880. The van der Waals surface area contributed by atoms with Gasteiger partial charge in [-0.1, -0.05) is 45.9 Å². The molecule has 2 aromatic carbocycles. The van der Waals surface area contributed by atoms with Crippen molar-refractivity contribution in [2.24, 2.45) is 23.7 Å². The van der Waals surface area contributed by atoms with Gasteiger partial charge in [0.2, 0.25) is 0 Å². The topological polar surface area (TPSA) is 205 Å². The first-order valence-corrected chi connectivity index (χ1v) is 17.9. The number of Topliss-reactive ketones (excluding diaryl/α,β-unsaturated/α-hetero) is 1. The first-order chi connectivity index (χ1) is 25.2. The molecular weight excluding hydrogens is 700 g/mol. The number of ether oxygens (including phenoxy) is 4. The molecule has 5 rings (SSSR count).